The third kappa shape index (κ3) is 6.52. The van der Waals surface area contributed by atoms with Crippen LogP contribution in [0.25, 0.3) is 0 Å². The quantitative estimate of drug-likeness (QED) is 0.423. The maximum absolute atomic E-state index is 4.79. The summed E-state index contributed by atoms with van der Waals surface area (Å²) in [6, 6.07) is 17.1. The highest BCUT2D eigenvalue weighted by Crippen LogP contribution is 2.34. The zero-order valence-electron chi connectivity index (χ0n) is 20.7. The van der Waals surface area contributed by atoms with Crippen molar-refractivity contribution in [3.05, 3.63) is 65.9 Å². The van der Waals surface area contributed by atoms with Crippen LogP contribution in [0.2, 0.25) is 0 Å². The normalized spacial score (nSPS) is 17.5. The molecule has 0 saturated carbocycles. The Morgan fingerprint density at radius 3 is 2.40 bits per heavy atom. The Labute approximate surface area is 213 Å². The largest absolute Gasteiger partial charge is 0.339 e. The van der Waals surface area contributed by atoms with Gasteiger partial charge in [-0.1, -0.05) is 24.3 Å². The third-order valence-electron chi connectivity index (χ3n) is 6.62. The average molecular weight is 490 g/mol. The van der Waals surface area contributed by atoms with Gasteiger partial charge in [-0.25, -0.2) is 9.29 Å². The molecule has 7 nitrogen and oxygen atoms in total. The van der Waals surface area contributed by atoms with Gasteiger partial charge in [0.1, 0.15) is 5.82 Å². The van der Waals surface area contributed by atoms with Gasteiger partial charge in [0.2, 0.25) is 5.95 Å². The Hall–Kier alpha value is -2.65. The minimum Gasteiger partial charge on any atom is -0.339 e. The predicted molar refractivity (Wildman–Crippen MR) is 146 cm³/mol. The van der Waals surface area contributed by atoms with E-state index in [4.69, 9.17) is 4.98 Å². The van der Waals surface area contributed by atoms with E-state index in [9.17, 15) is 0 Å². The monoisotopic (exact) mass is 489 g/mol. The van der Waals surface area contributed by atoms with Crippen LogP contribution >= 0.6 is 11.9 Å². The van der Waals surface area contributed by atoms with E-state index in [-0.39, 0.29) is 0 Å². The number of nitrogens with one attached hydrogen (secondary N) is 2. The minimum atomic E-state index is 0.592. The molecule has 2 aliphatic rings. The number of rotatable bonds is 8. The molecule has 0 spiro atoms. The van der Waals surface area contributed by atoms with Crippen LogP contribution in [-0.2, 0) is 6.54 Å². The summed E-state index contributed by atoms with van der Waals surface area (Å²) in [5.74, 6) is 1.42. The van der Waals surface area contributed by atoms with E-state index in [1.807, 2.05) is 25.1 Å². The van der Waals surface area contributed by atoms with Gasteiger partial charge in [0.05, 0.1) is 5.69 Å². The van der Waals surface area contributed by atoms with Gasteiger partial charge in [-0.2, -0.15) is 4.98 Å². The Bertz CT molecular complexity index is 1110. The number of anilines is 4. The molecule has 0 amide bonds. The molecule has 1 aromatic heterocycles. The van der Waals surface area contributed by atoms with Crippen molar-refractivity contribution < 1.29 is 0 Å². The number of hydrogen-bond acceptors (Lipinski definition) is 8. The lowest BCUT2D eigenvalue weighted by atomic mass is 10.2. The van der Waals surface area contributed by atoms with E-state index in [1.54, 1.807) is 0 Å². The predicted octanol–water partition coefficient (Wildman–Crippen LogP) is 5.12. The van der Waals surface area contributed by atoms with Crippen molar-refractivity contribution in [2.75, 3.05) is 56.9 Å². The maximum atomic E-state index is 4.79. The van der Waals surface area contributed by atoms with Gasteiger partial charge in [0.15, 0.2) is 0 Å². The van der Waals surface area contributed by atoms with Gasteiger partial charge in [0.25, 0.3) is 0 Å². The van der Waals surface area contributed by atoms with Crippen molar-refractivity contribution >= 4 is 35.1 Å². The molecule has 8 heteroatoms. The van der Waals surface area contributed by atoms with Gasteiger partial charge in [0, 0.05) is 68.2 Å². The van der Waals surface area contributed by atoms with Crippen molar-refractivity contribution in [1.29, 1.82) is 0 Å². The SMILES string of the molecule is Cc1cnc(Nc2ccc(CN3CCN(C)CC3)cc2)nc1Nc1ccccc1SN1CCCC1. The number of aryl methyl sites for hydroxylation is 1. The molecule has 0 atom stereocenters. The van der Waals surface area contributed by atoms with Gasteiger partial charge >= 0.3 is 0 Å². The molecule has 0 aliphatic carbocycles. The average Bonchev–Trinajstić information content (AvgIpc) is 3.38. The van der Waals surface area contributed by atoms with Crippen LogP contribution in [0.3, 0.4) is 0 Å². The molecule has 2 fully saturated rings. The second-order valence-corrected chi connectivity index (χ2v) is 10.6. The molecular weight excluding hydrogens is 454 g/mol. The molecule has 2 saturated heterocycles. The molecule has 3 heterocycles. The highest BCUT2D eigenvalue weighted by atomic mass is 32.2. The third-order valence-corrected chi connectivity index (χ3v) is 7.79. The number of aromatic nitrogens is 2. The van der Waals surface area contributed by atoms with Crippen LogP contribution in [-0.4, -0.2) is 70.4 Å². The lowest BCUT2D eigenvalue weighted by molar-refractivity contribution is 0.148. The van der Waals surface area contributed by atoms with E-state index in [0.717, 1.165) is 68.6 Å². The molecule has 2 aromatic carbocycles. The number of para-hydroxylation sites is 1. The van der Waals surface area contributed by atoms with Gasteiger partial charge in [-0.05, 0) is 68.6 Å². The standard InChI is InChI=1S/C27H35N7S/c1-21-19-28-27(29-23-11-9-22(10-12-23)20-33-17-15-32(2)16-18-33)31-26(21)30-24-7-3-4-8-25(24)35-34-13-5-6-14-34/h3-4,7-12,19H,5-6,13-18,20H2,1-2H3,(H2,28,29,30,31). The van der Waals surface area contributed by atoms with E-state index in [1.165, 1.54) is 23.3 Å². The first-order valence-electron chi connectivity index (χ1n) is 12.5. The summed E-state index contributed by atoms with van der Waals surface area (Å²) >= 11 is 1.83. The molecule has 35 heavy (non-hydrogen) atoms. The molecule has 0 unspecified atom stereocenters. The lowest BCUT2D eigenvalue weighted by Gasteiger charge is -2.32. The van der Waals surface area contributed by atoms with Crippen LogP contribution in [0, 0.1) is 6.92 Å². The summed E-state index contributed by atoms with van der Waals surface area (Å²) in [7, 11) is 2.19. The molecule has 2 aliphatic heterocycles. The number of nitrogens with zero attached hydrogens (tertiary/aromatic N) is 5. The number of benzene rings is 2. The van der Waals surface area contributed by atoms with Gasteiger partial charge < -0.3 is 15.5 Å². The van der Waals surface area contributed by atoms with Crippen molar-refractivity contribution in [2.24, 2.45) is 0 Å². The summed E-state index contributed by atoms with van der Waals surface area (Å²) in [5, 5.41) is 6.92. The van der Waals surface area contributed by atoms with Crippen molar-refractivity contribution in [1.82, 2.24) is 24.1 Å². The Morgan fingerprint density at radius 2 is 1.63 bits per heavy atom. The molecular formula is C27H35N7S. The summed E-state index contributed by atoms with van der Waals surface area (Å²) in [4.78, 5) is 15.4. The van der Waals surface area contributed by atoms with Gasteiger partial charge in [-0.15, -0.1) is 0 Å². The van der Waals surface area contributed by atoms with Crippen LogP contribution in [0.5, 0.6) is 0 Å². The molecule has 184 valence electrons. The molecule has 0 bridgehead atoms. The van der Waals surface area contributed by atoms with E-state index < -0.39 is 0 Å². The zero-order valence-corrected chi connectivity index (χ0v) is 21.5. The lowest BCUT2D eigenvalue weighted by Crippen LogP contribution is -2.43. The van der Waals surface area contributed by atoms with Crippen LogP contribution in [0.15, 0.2) is 59.6 Å². The summed E-state index contributed by atoms with van der Waals surface area (Å²) in [6.07, 6.45) is 4.43. The molecule has 5 rings (SSSR count). The van der Waals surface area contributed by atoms with E-state index >= 15 is 0 Å². The number of likely N-dealkylation sites (N-methyl/N-ethyl adjacent to an activating group) is 1. The first-order valence-corrected chi connectivity index (χ1v) is 13.3. The Balaban J connectivity index is 1.24. The summed E-state index contributed by atoms with van der Waals surface area (Å²) in [6.45, 7) is 9.87. The first kappa shape index (κ1) is 24.1. The van der Waals surface area contributed by atoms with Crippen molar-refractivity contribution in [2.45, 2.75) is 31.2 Å². The van der Waals surface area contributed by atoms with E-state index in [2.05, 4.69) is 85.3 Å². The molecule has 3 aromatic rings. The fourth-order valence-electron chi connectivity index (χ4n) is 4.41. The summed E-state index contributed by atoms with van der Waals surface area (Å²) < 4.78 is 2.44. The zero-order chi connectivity index (χ0) is 24.0. The topological polar surface area (TPSA) is 59.6 Å². The Morgan fingerprint density at radius 1 is 0.886 bits per heavy atom. The van der Waals surface area contributed by atoms with Crippen LogP contribution in [0.4, 0.5) is 23.1 Å². The molecule has 0 radical (unpaired) electrons. The highest BCUT2D eigenvalue weighted by Gasteiger charge is 2.16. The number of piperazine rings is 1. The molecule has 2 N–H and O–H groups in total. The van der Waals surface area contributed by atoms with E-state index in [0.29, 0.717) is 5.95 Å². The fourth-order valence-corrected chi connectivity index (χ4v) is 5.49. The smallest absolute Gasteiger partial charge is 0.229 e. The second kappa shape index (κ2) is 11.4. The van der Waals surface area contributed by atoms with Crippen molar-refractivity contribution in [3.8, 4) is 0 Å². The fraction of sp³-hybridized carbons (Fsp3) is 0.407. The van der Waals surface area contributed by atoms with Crippen LogP contribution in [0.1, 0.15) is 24.0 Å². The second-order valence-electron chi connectivity index (χ2n) is 9.48. The van der Waals surface area contributed by atoms with Gasteiger partial charge in [-0.3, -0.25) is 4.90 Å². The van der Waals surface area contributed by atoms with Crippen LogP contribution < -0.4 is 10.6 Å². The maximum Gasteiger partial charge on any atom is 0.229 e. The highest BCUT2D eigenvalue weighted by molar-refractivity contribution is 7.97. The summed E-state index contributed by atoms with van der Waals surface area (Å²) in [5.41, 5.74) is 4.41. The number of hydrogen-bond donors (Lipinski definition) is 2. The van der Waals surface area contributed by atoms with Crippen molar-refractivity contribution in [3.63, 3.8) is 0 Å². The first-order chi connectivity index (χ1) is 17.1. The Kier molecular flexibility index (Phi) is 7.83. The minimum absolute atomic E-state index is 0.592.